The number of hydrogen-bond donors (Lipinski definition) is 0. The molecule has 0 saturated heterocycles. The van der Waals surface area contributed by atoms with E-state index in [0.717, 1.165) is 0 Å². The van der Waals surface area contributed by atoms with Gasteiger partial charge < -0.3 is 0 Å². The van der Waals surface area contributed by atoms with Crippen molar-refractivity contribution in [2.45, 2.75) is 52.4 Å². The van der Waals surface area contributed by atoms with Gasteiger partial charge in [0.1, 0.15) is 0 Å². The highest BCUT2D eigenvalue weighted by Gasteiger charge is 2.33. The van der Waals surface area contributed by atoms with Crippen LogP contribution in [-0.4, -0.2) is 0 Å². The van der Waals surface area contributed by atoms with Crippen molar-refractivity contribution in [3.63, 3.8) is 0 Å². The molecule has 0 nitrogen and oxygen atoms in total. The zero-order chi connectivity index (χ0) is 8.32. The van der Waals surface area contributed by atoms with Gasteiger partial charge in [-0.25, -0.2) is 0 Å². The number of rotatable bonds is 3. The molecule has 1 saturated carbocycles. The molecule has 0 aromatic carbocycles. The van der Waals surface area contributed by atoms with Gasteiger partial charge in [-0.1, -0.05) is 38.3 Å². The van der Waals surface area contributed by atoms with Crippen LogP contribution in [0.1, 0.15) is 52.4 Å². The van der Waals surface area contributed by atoms with Crippen molar-refractivity contribution >= 4 is 0 Å². The third-order valence-corrected chi connectivity index (χ3v) is 3.19. The Balaban J connectivity index is 2.62. The molecule has 0 aliphatic heterocycles. The fourth-order valence-electron chi connectivity index (χ4n) is 2.42. The minimum atomic E-state index is 0.550. The Morgan fingerprint density at radius 1 is 1.36 bits per heavy atom. The van der Waals surface area contributed by atoms with Crippen LogP contribution in [0.3, 0.4) is 0 Å². The predicted octanol–water partition coefficient (Wildman–Crippen LogP) is 3.92. The molecule has 1 rings (SSSR count). The van der Waals surface area contributed by atoms with Gasteiger partial charge in [0.2, 0.25) is 0 Å². The molecule has 0 heterocycles. The summed E-state index contributed by atoms with van der Waals surface area (Å²) in [5, 5.41) is 0. The van der Waals surface area contributed by atoms with E-state index < -0.39 is 0 Å². The van der Waals surface area contributed by atoms with E-state index in [0.29, 0.717) is 5.41 Å². The maximum absolute atomic E-state index is 4.13. The second-order valence-electron chi connectivity index (χ2n) is 4.02. The van der Waals surface area contributed by atoms with Crippen molar-refractivity contribution in [3.8, 4) is 0 Å². The Hall–Kier alpha value is -0.260. The lowest BCUT2D eigenvalue weighted by molar-refractivity contribution is 0.334. The molecule has 0 spiro atoms. The van der Waals surface area contributed by atoms with Gasteiger partial charge in [-0.3, -0.25) is 0 Å². The summed E-state index contributed by atoms with van der Waals surface area (Å²) in [6.45, 7) is 8.62. The van der Waals surface area contributed by atoms with Crippen LogP contribution in [-0.2, 0) is 0 Å². The van der Waals surface area contributed by atoms with Crippen molar-refractivity contribution in [2.75, 3.05) is 0 Å². The molecule has 0 aromatic rings. The highest BCUT2D eigenvalue weighted by atomic mass is 14.4. The van der Waals surface area contributed by atoms with E-state index in [9.17, 15) is 0 Å². The minimum absolute atomic E-state index is 0.550. The molecule has 1 aliphatic carbocycles. The van der Waals surface area contributed by atoms with Crippen molar-refractivity contribution < 1.29 is 0 Å². The summed E-state index contributed by atoms with van der Waals surface area (Å²) < 4.78 is 0. The Morgan fingerprint density at radius 3 is 2.27 bits per heavy atom. The van der Waals surface area contributed by atoms with Gasteiger partial charge in [-0.2, -0.15) is 0 Å². The zero-order valence-electron chi connectivity index (χ0n) is 7.95. The summed E-state index contributed by atoms with van der Waals surface area (Å²) >= 11 is 0. The summed E-state index contributed by atoms with van der Waals surface area (Å²) in [5.41, 5.74) is 1.98. The first-order valence-electron chi connectivity index (χ1n) is 4.87. The topological polar surface area (TPSA) is 0 Å². The molecular formula is C11H20. The first-order valence-corrected chi connectivity index (χ1v) is 4.87. The Morgan fingerprint density at radius 2 is 1.91 bits per heavy atom. The van der Waals surface area contributed by atoms with Crippen LogP contribution in [0, 0.1) is 5.41 Å². The van der Waals surface area contributed by atoms with Gasteiger partial charge in [-0.05, 0) is 31.6 Å². The average Bonchev–Trinajstić information content (AvgIpc) is 2.38. The summed E-state index contributed by atoms with van der Waals surface area (Å²) in [5.74, 6) is 0. The van der Waals surface area contributed by atoms with Crippen LogP contribution in [0.4, 0.5) is 0 Å². The van der Waals surface area contributed by atoms with E-state index in [1.807, 2.05) is 0 Å². The Bertz CT molecular complexity index is 138. The standard InChI is InChI=1S/C11H20/c1-4-7-11(10(2)3)8-5-6-9-11/h2,4-9H2,1,3H3. The fourth-order valence-corrected chi connectivity index (χ4v) is 2.42. The van der Waals surface area contributed by atoms with Gasteiger partial charge in [0, 0.05) is 0 Å². The normalized spacial score (nSPS) is 22.0. The lowest BCUT2D eigenvalue weighted by Crippen LogP contribution is -2.16. The van der Waals surface area contributed by atoms with E-state index >= 15 is 0 Å². The zero-order valence-corrected chi connectivity index (χ0v) is 7.95. The first-order chi connectivity index (χ1) is 5.21. The largest absolute Gasteiger partial charge is 0.0996 e. The summed E-state index contributed by atoms with van der Waals surface area (Å²) in [6.07, 6.45) is 8.32. The molecular weight excluding hydrogens is 132 g/mol. The molecule has 1 fully saturated rings. The molecule has 0 bridgehead atoms. The predicted molar refractivity (Wildman–Crippen MR) is 50.6 cm³/mol. The van der Waals surface area contributed by atoms with Crippen LogP contribution in [0.15, 0.2) is 12.2 Å². The minimum Gasteiger partial charge on any atom is -0.0996 e. The van der Waals surface area contributed by atoms with E-state index in [4.69, 9.17) is 0 Å². The highest BCUT2D eigenvalue weighted by molar-refractivity contribution is 5.09. The molecule has 0 radical (unpaired) electrons. The summed E-state index contributed by atoms with van der Waals surface area (Å²) in [6, 6.07) is 0. The molecule has 0 heteroatoms. The average molecular weight is 152 g/mol. The van der Waals surface area contributed by atoms with E-state index in [1.54, 1.807) is 0 Å². The SMILES string of the molecule is C=C(C)C1(CCC)CCCC1. The Labute approximate surface area is 70.7 Å². The van der Waals surface area contributed by atoms with Gasteiger partial charge in [-0.15, -0.1) is 0 Å². The smallest absolute Gasteiger partial charge is 0.00936 e. The highest BCUT2D eigenvalue weighted by Crippen LogP contribution is 2.46. The quantitative estimate of drug-likeness (QED) is 0.538. The van der Waals surface area contributed by atoms with E-state index in [1.165, 1.54) is 44.1 Å². The molecule has 0 amide bonds. The van der Waals surface area contributed by atoms with E-state index in [-0.39, 0.29) is 0 Å². The maximum atomic E-state index is 4.13. The second-order valence-corrected chi connectivity index (χ2v) is 4.02. The number of hydrogen-bond acceptors (Lipinski definition) is 0. The van der Waals surface area contributed by atoms with Gasteiger partial charge in [0.15, 0.2) is 0 Å². The molecule has 0 unspecified atom stereocenters. The molecule has 0 atom stereocenters. The second kappa shape index (κ2) is 3.42. The third-order valence-electron chi connectivity index (χ3n) is 3.19. The lowest BCUT2D eigenvalue weighted by Gasteiger charge is -2.29. The van der Waals surface area contributed by atoms with Crippen LogP contribution < -0.4 is 0 Å². The maximum Gasteiger partial charge on any atom is -0.00936 e. The first kappa shape index (κ1) is 8.83. The number of allylic oxidation sites excluding steroid dienone is 1. The molecule has 0 aromatic heterocycles. The van der Waals surface area contributed by atoms with Gasteiger partial charge in [0.05, 0.1) is 0 Å². The molecule has 64 valence electrons. The molecule has 0 N–H and O–H groups in total. The molecule has 1 aliphatic rings. The van der Waals surface area contributed by atoms with Crippen LogP contribution >= 0.6 is 0 Å². The van der Waals surface area contributed by atoms with E-state index in [2.05, 4.69) is 20.4 Å². The van der Waals surface area contributed by atoms with Crippen LogP contribution in [0.5, 0.6) is 0 Å². The fraction of sp³-hybridized carbons (Fsp3) is 0.818. The Kier molecular flexibility index (Phi) is 2.75. The third kappa shape index (κ3) is 1.66. The molecule has 11 heavy (non-hydrogen) atoms. The lowest BCUT2D eigenvalue weighted by atomic mass is 9.76. The van der Waals surface area contributed by atoms with Crippen molar-refractivity contribution in [2.24, 2.45) is 5.41 Å². The van der Waals surface area contributed by atoms with Crippen molar-refractivity contribution in [1.29, 1.82) is 0 Å². The van der Waals surface area contributed by atoms with Crippen LogP contribution in [0.2, 0.25) is 0 Å². The van der Waals surface area contributed by atoms with Gasteiger partial charge >= 0.3 is 0 Å². The van der Waals surface area contributed by atoms with Crippen molar-refractivity contribution in [3.05, 3.63) is 12.2 Å². The van der Waals surface area contributed by atoms with Crippen molar-refractivity contribution in [1.82, 2.24) is 0 Å². The summed E-state index contributed by atoms with van der Waals surface area (Å²) in [4.78, 5) is 0. The summed E-state index contributed by atoms with van der Waals surface area (Å²) in [7, 11) is 0. The van der Waals surface area contributed by atoms with Gasteiger partial charge in [0.25, 0.3) is 0 Å². The monoisotopic (exact) mass is 152 g/mol. The van der Waals surface area contributed by atoms with Crippen LogP contribution in [0.25, 0.3) is 0 Å².